The van der Waals surface area contributed by atoms with Gasteiger partial charge in [0.2, 0.25) is 0 Å². The van der Waals surface area contributed by atoms with Crippen LogP contribution in [0.5, 0.6) is 11.5 Å². The normalized spacial score (nSPS) is 16.6. The number of aliphatic hydroxyl groups excluding tert-OH is 1. The van der Waals surface area contributed by atoms with Crippen LogP contribution in [0.15, 0.2) is 54.6 Å². The van der Waals surface area contributed by atoms with Crippen LogP contribution in [0.25, 0.3) is 0 Å². The third-order valence-electron chi connectivity index (χ3n) is 5.07. The number of β-amino-alcohol motifs (C(OH)–C–C–N with tert-alkyl or cyclic N) is 1. The maximum atomic E-state index is 10.3. The van der Waals surface area contributed by atoms with Gasteiger partial charge in [-0.1, -0.05) is 30.3 Å². The number of hydrogen-bond donors (Lipinski definition) is 1. The van der Waals surface area contributed by atoms with E-state index >= 15 is 0 Å². The second-order valence-corrected chi connectivity index (χ2v) is 7.25. The van der Waals surface area contributed by atoms with Crippen molar-refractivity contribution in [3.05, 3.63) is 60.2 Å². The molecule has 1 fully saturated rings. The van der Waals surface area contributed by atoms with Gasteiger partial charge in [-0.3, -0.25) is 4.90 Å². The molecule has 0 aliphatic carbocycles. The van der Waals surface area contributed by atoms with Gasteiger partial charge in [-0.2, -0.15) is 0 Å². The number of aliphatic hydroxyl groups is 1. The molecule has 152 valence electrons. The number of hydrogen-bond acceptors (Lipinski definition) is 5. The minimum atomic E-state index is -0.484. The monoisotopic (exact) mass is 384 g/mol. The Kier molecular flexibility index (Phi) is 8.15. The van der Waals surface area contributed by atoms with Crippen molar-refractivity contribution in [3.63, 3.8) is 0 Å². The third-order valence-corrected chi connectivity index (χ3v) is 5.07. The summed E-state index contributed by atoms with van der Waals surface area (Å²) in [5.74, 6) is 1.59. The first kappa shape index (κ1) is 20.6. The summed E-state index contributed by atoms with van der Waals surface area (Å²) in [6, 6.07) is 18.2. The SMILES string of the molecule is CCOc1ccc(OCC(O)CN2CCN(CCc3ccccc3)CC2)cc1. The van der Waals surface area contributed by atoms with E-state index < -0.39 is 6.10 Å². The largest absolute Gasteiger partial charge is 0.494 e. The smallest absolute Gasteiger partial charge is 0.119 e. The minimum absolute atomic E-state index is 0.308. The molecule has 1 aliphatic heterocycles. The molecule has 3 rings (SSSR count). The number of piperazine rings is 1. The van der Waals surface area contributed by atoms with Gasteiger partial charge in [-0.15, -0.1) is 0 Å². The molecule has 0 saturated carbocycles. The van der Waals surface area contributed by atoms with E-state index in [9.17, 15) is 5.11 Å². The number of benzene rings is 2. The first-order valence-electron chi connectivity index (χ1n) is 10.3. The lowest BCUT2D eigenvalue weighted by Crippen LogP contribution is -2.49. The average Bonchev–Trinajstić information content (AvgIpc) is 2.74. The summed E-state index contributed by atoms with van der Waals surface area (Å²) in [4.78, 5) is 4.83. The number of rotatable bonds is 10. The van der Waals surface area contributed by atoms with Crippen molar-refractivity contribution in [3.8, 4) is 11.5 Å². The summed E-state index contributed by atoms with van der Waals surface area (Å²) < 4.78 is 11.1. The molecule has 0 radical (unpaired) electrons. The Hall–Kier alpha value is -2.08. The van der Waals surface area contributed by atoms with Gasteiger partial charge in [0.15, 0.2) is 0 Å². The zero-order chi connectivity index (χ0) is 19.6. The third kappa shape index (κ3) is 6.82. The number of ether oxygens (including phenoxy) is 2. The fraction of sp³-hybridized carbons (Fsp3) is 0.478. The highest BCUT2D eigenvalue weighted by molar-refractivity contribution is 5.31. The van der Waals surface area contributed by atoms with Gasteiger partial charge in [0, 0.05) is 39.3 Å². The van der Waals surface area contributed by atoms with E-state index in [1.165, 1.54) is 5.56 Å². The second kappa shape index (κ2) is 11.1. The van der Waals surface area contributed by atoms with E-state index in [0.717, 1.165) is 50.6 Å². The van der Waals surface area contributed by atoms with E-state index in [1.54, 1.807) is 0 Å². The molecule has 5 heteroatoms. The Balaban J connectivity index is 1.31. The van der Waals surface area contributed by atoms with Crippen LogP contribution in [-0.4, -0.2) is 73.5 Å². The molecule has 0 bridgehead atoms. The van der Waals surface area contributed by atoms with E-state index in [1.807, 2.05) is 31.2 Å². The van der Waals surface area contributed by atoms with Crippen LogP contribution in [0, 0.1) is 0 Å². The summed E-state index contributed by atoms with van der Waals surface area (Å²) >= 11 is 0. The predicted octanol–water partition coefficient (Wildman–Crippen LogP) is 2.69. The summed E-state index contributed by atoms with van der Waals surface area (Å²) in [5, 5.41) is 10.3. The van der Waals surface area contributed by atoms with E-state index in [-0.39, 0.29) is 0 Å². The van der Waals surface area contributed by atoms with Crippen LogP contribution in [0.3, 0.4) is 0 Å². The lowest BCUT2D eigenvalue weighted by atomic mass is 10.1. The van der Waals surface area contributed by atoms with Crippen molar-refractivity contribution in [2.24, 2.45) is 0 Å². The molecule has 1 heterocycles. The lowest BCUT2D eigenvalue weighted by Gasteiger charge is -2.35. The molecule has 1 unspecified atom stereocenters. The molecule has 2 aromatic carbocycles. The Labute approximate surface area is 168 Å². The molecule has 5 nitrogen and oxygen atoms in total. The van der Waals surface area contributed by atoms with Crippen LogP contribution in [0.4, 0.5) is 0 Å². The molecule has 28 heavy (non-hydrogen) atoms. The first-order chi connectivity index (χ1) is 13.7. The topological polar surface area (TPSA) is 45.2 Å². The molecule has 1 atom stereocenters. The highest BCUT2D eigenvalue weighted by Gasteiger charge is 2.19. The number of nitrogens with zero attached hydrogens (tertiary/aromatic N) is 2. The van der Waals surface area contributed by atoms with Crippen molar-refractivity contribution in [2.75, 3.05) is 52.5 Å². The predicted molar refractivity (Wildman–Crippen MR) is 112 cm³/mol. The molecule has 1 aliphatic rings. The van der Waals surface area contributed by atoms with Gasteiger partial charge in [0.25, 0.3) is 0 Å². The molecule has 2 aromatic rings. The highest BCUT2D eigenvalue weighted by atomic mass is 16.5. The standard InChI is InChI=1S/C23H32N2O3/c1-2-27-22-8-10-23(11-9-22)28-19-21(26)18-25-16-14-24(15-17-25)13-12-20-6-4-3-5-7-20/h3-11,21,26H,2,12-19H2,1H3. The van der Waals surface area contributed by atoms with Gasteiger partial charge in [-0.25, -0.2) is 0 Å². The van der Waals surface area contributed by atoms with Crippen LogP contribution < -0.4 is 9.47 Å². The van der Waals surface area contributed by atoms with Crippen molar-refractivity contribution in [1.82, 2.24) is 9.80 Å². The van der Waals surface area contributed by atoms with E-state index in [4.69, 9.17) is 9.47 Å². The van der Waals surface area contributed by atoms with Gasteiger partial charge >= 0.3 is 0 Å². The van der Waals surface area contributed by atoms with Crippen molar-refractivity contribution >= 4 is 0 Å². The highest BCUT2D eigenvalue weighted by Crippen LogP contribution is 2.17. The fourth-order valence-electron chi connectivity index (χ4n) is 3.47. The van der Waals surface area contributed by atoms with Gasteiger partial charge in [0.05, 0.1) is 6.61 Å². The Bertz CT molecular complexity index is 670. The van der Waals surface area contributed by atoms with Crippen LogP contribution >= 0.6 is 0 Å². The second-order valence-electron chi connectivity index (χ2n) is 7.25. The maximum Gasteiger partial charge on any atom is 0.119 e. The quantitative estimate of drug-likeness (QED) is 0.682. The molecule has 0 amide bonds. The Morgan fingerprint density at radius 3 is 2.11 bits per heavy atom. The summed E-state index contributed by atoms with van der Waals surface area (Å²) in [5.41, 5.74) is 1.40. The molecule has 0 spiro atoms. The molecule has 1 N–H and O–H groups in total. The van der Waals surface area contributed by atoms with Crippen LogP contribution in [-0.2, 0) is 6.42 Å². The average molecular weight is 385 g/mol. The summed E-state index contributed by atoms with van der Waals surface area (Å²) in [6.45, 7) is 8.78. The zero-order valence-corrected chi connectivity index (χ0v) is 16.8. The van der Waals surface area contributed by atoms with Crippen molar-refractivity contribution < 1.29 is 14.6 Å². The Morgan fingerprint density at radius 2 is 1.46 bits per heavy atom. The summed E-state index contributed by atoms with van der Waals surface area (Å²) in [6.07, 6.45) is 0.613. The van der Waals surface area contributed by atoms with Crippen LogP contribution in [0.1, 0.15) is 12.5 Å². The van der Waals surface area contributed by atoms with Gasteiger partial charge in [0.1, 0.15) is 24.2 Å². The Morgan fingerprint density at radius 1 is 0.857 bits per heavy atom. The molecular weight excluding hydrogens is 352 g/mol. The van der Waals surface area contributed by atoms with Gasteiger partial charge < -0.3 is 19.5 Å². The lowest BCUT2D eigenvalue weighted by molar-refractivity contribution is 0.0463. The molecule has 0 aromatic heterocycles. The minimum Gasteiger partial charge on any atom is -0.494 e. The molecular formula is C23H32N2O3. The van der Waals surface area contributed by atoms with Gasteiger partial charge in [-0.05, 0) is 43.2 Å². The molecule has 1 saturated heterocycles. The fourth-order valence-corrected chi connectivity index (χ4v) is 3.47. The maximum absolute atomic E-state index is 10.3. The van der Waals surface area contributed by atoms with Crippen molar-refractivity contribution in [2.45, 2.75) is 19.4 Å². The summed E-state index contributed by atoms with van der Waals surface area (Å²) in [7, 11) is 0. The van der Waals surface area contributed by atoms with Crippen molar-refractivity contribution in [1.29, 1.82) is 0 Å². The van der Waals surface area contributed by atoms with Crippen LogP contribution in [0.2, 0.25) is 0 Å². The van der Waals surface area contributed by atoms with E-state index in [2.05, 4.69) is 40.1 Å². The zero-order valence-electron chi connectivity index (χ0n) is 16.8. The first-order valence-corrected chi connectivity index (χ1v) is 10.3. The van der Waals surface area contributed by atoms with E-state index in [0.29, 0.717) is 19.8 Å².